The van der Waals surface area contributed by atoms with Gasteiger partial charge >= 0.3 is 0 Å². The first-order valence-electron chi connectivity index (χ1n) is 11.4. The maximum atomic E-state index is 13.3. The maximum absolute atomic E-state index is 13.3. The second-order valence-electron chi connectivity index (χ2n) is 7.84. The number of piperazine rings is 1. The van der Waals surface area contributed by atoms with Crippen molar-refractivity contribution in [2.45, 2.75) is 13.8 Å². The highest BCUT2D eigenvalue weighted by molar-refractivity contribution is 6.02. The first-order chi connectivity index (χ1) is 16.0. The highest BCUT2D eigenvalue weighted by Gasteiger charge is 2.25. The molecular formula is C25H34N4O4. The number of ether oxygens (including phenoxy) is 2. The molecule has 1 aliphatic rings. The Morgan fingerprint density at radius 1 is 0.939 bits per heavy atom. The molecule has 1 N–H and O–H groups in total. The van der Waals surface area contributed by atoms with E-state index in [1.165, 1.54) is 7.11 Å². The second kappa shape index (κ2) is 11.6. The molecule has 1 fully saturated rings. The van der Waals surface area contributed by atoms with Gasteiger partial charge < -0.3 is 29.5 Å². The largest absolute Gasteiger partial charge is 0.495 e. The Labute approximate surface area is 196 Å². The number of anilines is 3. The molecule has 0 spiro atoms. The van der Waals surface area contributed by atoms with Crippen LogP contribution >= 0.6 is 0 Å². The Bertz CT molecular complexity index is 953. The number of carbonyl (C=O) groups excluding carboxylic acids is 2. The fourth-order valence-corrected chi connectivity index (χ4v) is 4.15. The summed E-state index contributed by atoms with van der Waals surface area (Å²) in [6.07, 6.45) is 0. The van der Waals surface area contributed by atoms with E-state index in [9.17, 15) is 9.59 Å². The van der Waals surface area contributed by atoms with E-state index in [0.29, 0.717) is 24.3 Å². The van der Waals surface area contributed by atoms with Crippen LogP contribution in [0.25, 0.3) is 0 Å². The van der Waals surface area contributed by atoms with Crippen molar-refractivity contribution in [3.63, 3.8) is 0 Å². The minimum Gasteiger partial charge on any atom is -0.495 e. The number of methoxy groups -OCH3 is 2. The predicted molar refractivity (Wildman–Crippen MR) is 132 cm³/mol. The van der Waals surface area contributed by atoms with Crippen LogP contribution in [0.2, 0.25) is 0 Å². The Morgan fingerprint density at radius 2 is 1.58 bits per heavy atom. The van der Waals surface area contributed by atoms with Crippen molar-refractivity contribution < 1.29 is 19.1 Å². The van der Waals surface area contributed by atoms with Crippen molar-refractivity contribution in [1.82, 2.24) is 4.90 Å². The summed E-state index contributed by atoms with van der Waals surface area (Å²) in [6, 6.07) is 13.6. The normalized spacial score (nSPS) is 13.6. The van der Waals surface area contributed by atoms with Crippen LogP contribution in [-0.2, 0) is 9.53 Å². The van der Waals surface area contributed by atoms with Gasteiger partial charge in [0.25, 0.3) is 5.91 Å². The lowest BCUT2D eigenvalue weighted by molar-refractivity contribution is -0.119. The van der Waals surface area contributed by atoms with Gasteiger partial charge in [0.1, 0.15) is 12.4 Å². The van der Waals surface area contributed by atoms with Crippen molar-refractivity contribution in [2.75, 3.05) is 75.2 Å². The summed E-state index contributed by atoms with van der Waals surface area (Å²) in [6.45, 7) is 8.31. The minimum absolute atomic E-state index is 0.0357. The van der Waals surface area contributed by atoms with E-state index in [0.717, 1.165) is 43.3 Å². The van der Waals surface area contributed by atoms with Gasteiger partial charge in [0.15, 0.2) is 0 Å². The fraction of sp³-hybridized carbons (Fsp3) is 0.440. The van der Waals surface area contributed by atoms with E-state index >= 15 is 0 Å². The van der Waals surface area contributed by atoms with Crippen molar-refractivity contribution in [1.29, 1.82) is 0 Å². The van der Waals surface area contributed by atoms with Crippen molar-refractivity contribution in [2.24, 2.45) is 0 Å². The fourth-order valence-electron chi connectivity index (χ4n) is 4.15. The van der Waals surface area contributed by atoms with Crippen LogP contribution in [0.15, 0.2) is 42.5 Å². The predicted octanol–water partition coefficient (Wildman–Crippen LogP) is 3.09. The standard InChI is InChI=1S/C25H34N4O4/c1-5-27(6-2)25(31)20-17-19(26-24(30)18-32-3)11-12-21(20)28-13-15-29(16-14-28)22-9-7-8-10-23(22)33-4/h7-12,17H,5-6,13-16,18H2,1-4H3,(H,26,30). The van der Waals surface area contributed by atoms with Gasteiger partial charge in [-0.3, -0.25) is 9.59 Å². The SMILES string of the molecule is CCN(CC)C(=O)c1cc(NC(=O)COC)ccc1N1CCN(c2ccccc2OC)CC1. The first-order valence-corrected chi connectivity index (χ1v) is 11.4. The van der Waals surface area contributed by atoms with Crippen molar-refractivity contribution in [3.05, 3.63) is 48.0 Å². The Hall–Kier alpha value is -3.26. The summed E-state index contributed by atoms with van der Waals surface area (Å²) in [5, 5.41) is 2.81. The molecule has 0 saturated carbocycles. The molecule has 0 atom stereocenters. The lowest BCUT2D eigenvalue weighted by Gasteiger charge is -2.38. The molecule has 0 aliphatic carbocycles. The third-order valence-corrected chi connectivity index (χ3v) is 5.88. The Balaban J connectivity index is 1.84. The van der Waals surface area contributed by atoms with Gasteiger partial charge in [-0.15, -0.1) is 0 Å². The molecule has 1 aliphatic heterocycles. The molecule has 8 nitrogen and oxygen atoms in total. The number of benzene rings is 2. The average Bonchev–Trinajstić information content (AvgIpc) is 2.85. The lowest BCUT2D eigenvalue weighted by atomic mass is 10.1. The number of amides is 2. The van der Waals surface area contributed by atoms with E-state index < -0.39 is 0 Å². The lowest BCUT2D eigenvalue weighted by Crippen LogP contribution is -2.47. The van der Waals surface area contributed by atoms with Crippen molar-refractivity contribution >= 4 is 28.9 Å². The maximum Gasteiger partial charge on any atom is 0.256 e. The quantitative estimate of drug-likeness (QED) is 0.628. The summed E-state index contributed by atoms with van der Waals surface area (Å²) in [5.74, 6) is 0.571. The first kappa shape index (κ1) is 24.4. The topological polar surface area (TPSA) is 74.4 Å². The molecule has 178 valence electrons. The van der Waals surface area contributed by atoms with E-state index in [2.05, 4.69) is 21.2 Å². The van der Waals surface area contributed by atoms with Crippen LogP contribution in [0.4, 0.5) is 17.1 Å². The second-order valence-corrected chi connectivity index (χ2v) is 7.84. The number of hydrogen-bond donors (Lipinski definition) is 1. The van der Waals surface area contributed by atoms with E-state index in [-0.39, 0.29) is 18.4 Å². The highest BCUT2D eigenvalue weighted by Crippen LogP contribution is 2.31. The van der Waals surface area contributed by atoms with Crippen LogP contribution in [0.3, 0.4) is 0 Å². The summed E-state index contributed by atoms with van der Waals surface area (Å²) in [5.41, 5.74) is 3.15. The Morgan fingerprint density at radius 3 is 2.18 bits per heavy atom. The number of carbonyl (C=O) groups is 2. The van der Waals surface area contributed by atoms with Gasteiger partial charge in [0.05, 0.1) is 18.4 Å². The number of nitrogens with zero attached hydrogens (tertiary/aromatic N) is 3. The third-order valence-electron chi connectivity index (χ3n) is 5.88. The summed E-state index contributed by atoms with van der Waals surface area (Å²) in [7, 11) is 3.16. The minimum atomic E-state index is -0.253. The van der Waals surface area contributed by atoms with Gasteiger partial charge in [-0.2, -0.15) is 0 Å². The molecule has 2 amide bonds. The number of rotatable bonds is 9. The monoisotopic (exact) mass is 454 g/mol. The molecule has 2 aromatic rings. The van der Waals surface area contributed by atoms with Crippen LogP contribution < -0.4 is 19.9 Å². The highest BCUT2D eigenvalue weighted by atomic mass is 16.5. The van der Waals surface area contributed by atoms with Crippen LogP contribution in [0, 0.1) is 0 Å². The molecule has 0 bridgehead atoms. The zero-order valence-corrected chi connectivity index (χ0v) is 20.0. The molecule has 8 heteroatoms. The molecule has 2 aromatic carbocycles. The average molecular weight is 455 g/mol. The van der Waals surface area contributed by atoms with Gasteiger partial charge in [-0.05, 0) is 44.2 Å². The molecule has 33 heavy (non-hydrogen) atoms. The van der Waals surface area contributed by atoms with Gasteiger partial charge in [0.2, 0.25) is 5.91 Å². The van der Waals surface area contributed by atoms with Crippen LogP contribution in [0.5, 0.6) is 5.75 Å². The number of para-hydroxylation sites is 2. The summed E-state index contributed by atoms with van der Waals surface area (Å²) >= 11 is 0. The zero-order chi connectivity index (χ0) is 23.8. The number of nitrogens with one attached hydrogen (secondary N) is 1. The molecule has 0 aromatic heterocycles. The molecule has 1 saturated heterocycles. The molecular weight excluding hydrogens is 420 g/mol. The van der Waals surface area contributed by atoms with E-state index in [1.807, 2.05) is 44.2 Å². The molecule has 0 radical (unpaired) electrons. The molecule has 1 heterocycles. The van der Waals surface area contributed by atoms with Crippen molar-refractivity contribution in [3.8, 4) is 5.75 Å². The van der Waals surface area contributed by atoms with E-state index in [1.54, 1.807) is 18.1 Å². The van der Waals surface area contributed by atoms with Crippen LogP contribution in [0.1, 0.15) is 24.2 Å². The van der Waals surface area contributed by atoms with Crippen LogP contribution in [-0.4, -0.2) is 76.8 Å². The smallest absolute Gasteiger partial charge is 0.256 e. The summed E-state index contributed by atoms with van der Waals surface area (Å²) in [4.78, 5) is 31.7. The van der Waals surface area contributed by atoms with E-state index in [4.69, 9.17) is 9.47 Å². The van der Waals surface area contributed by atoms with Gasteiger partial charge in [-0.25, -0.2) is 0 Å². The van der Waals surface area contributed by atoms with Gasteiger partial charge in [-0.1, -0.05) is 12.1 Å². The Kier molecular flexibility index (Phi) is 8.54. The van der Waals surface area contributed by atoms with Gasteiger partial charge in [0, 0.05) is 57.8 Å². The third kappa shape index (κ3) is 5.76. The zero-order valence-electron chi connectivity index (χ0n) is 20.0. The molecule has 3 rings (SSSR count). The number of hydrogen-bond acceptors (Lipinski definition) is 6. The summed E-state index contributed by atoms with van der Waals surface area (Å²) < 4.78 is 10.4. The molecule has 0 unspecified atom stereocenters.